The molecule has 6 nitrogen and oxygen atoms in total. The van der Waals surface area contributed by atoms with E-state index in [0.717, 1.165) is 17.7 Å². The topological polar surface area (TPSA) is 94.2 Å². The van der Waals surface area contributed by atoms with Crippen molar-refractivity contribution in [2.24, 2.45) is 5.92 Å². The van der Waals surface area contributed by atoms with Crippen LogP contribution < -0.4 is 10.6 Å². The molecule has 0 saturated carbocycles. The maximum absolute atomic E-state index is 12.4. The molecule has 1 aromatic heterocycles. The number of aromatic amines is 1. The van der Waals surface area contributed by atoms with Gasteiger partial charge in [0, 0.05) is 36.8 Å². The van der Waals surface area contributed by atoms with Gasteiger partial charge in [0.15, 0.2) is 5.78 Å². The molecule has 0 bridgehead atoms. The number of aryl methyl sites for hydroxylation is 1. The van der Waals surface area contributed by atoms with E-state index >= 15 is 0 Å². The lowest BCUT2D eigenvalue weighted by atomic mass is 10.0. The van der Waals surface area contributed by atoms with Gasteiger partial charge in [0.1, 0.15) is 5.69 Å². The number of rotatable bonds is 6. The van der Waals surface area contributed by atoms with E-state index < -0.39 is 6.10 Å². The summed E-state index contributed by atoms with van der Waals surface area (Å²) in [6, 6.07) is 0. The van der Waals surface area contributed by atoms with Crippen LogP contribution in [-0.2, 0) is 6.42 Å². The van der Waals surface area contributed by atoms with Gasteiger partial charge in [-0.25, -0.2) is 0 Å². The lowest BCUT2D eigenvalue weighted by Crippen LogP contribution is -2.35. The number of hydrogen-bond acceptors (Lipinski definition) is 4. The van der Waals surface area contributed by atoms with E-state index in [1.165, 1.54) is 6.92 Å². The molecule has 1 aliphatic rings. The first-order chi connectivity index (χ1) is 10.5. The van der Waals surface area contributed by atoms with Gasteiger partial charge in [0.2, 0.25) is 0 Å². The van der Waals surface area contributed by atoms with Crippen LogP contribution in [0.15, 0.2) is 0 Å². The zero-order valence-corrected chi connectivity index (χ0v) is 14.7. The van der Waals surface area contributed by atoms with Crippen LogP contribution >= 0.6 is 12.4 Å². The number of amides is 1. The van der Waals surface area contributed by atoms with Gasteiger partial charge in [0.05, 0.1) is 6.10 Å². The van der Waals surface area contributed by atoms with Crippen LogP contribution in [0.5, 0.6) is 0 Å². The monoisotopic (exact) mass is 343 g/mol. The van der Waals surface area contributed by atoms with E-state index in [0.29, 0.717) is 37.3 Å². The Balaban J connectivity index is 0.00000264. The van der Waals surface area contributed by atoms with E-state index in [1.807, 2.05) is 13.8 Å². The number of Topliss-reactive ketones (excluding diaryl/α,β-unsaturated/α-hetero) is 1. The standard InChI is InChI=1S/C16H25N3O3.ClH/c1-4-5-12-14(10(3)20)9(2)19-15(12)16(22)18-7-11-6-17-8-13(11)21;/h11,13,17,19,21H,4-8H2,1-3H3,(H,18,22);1H. The number of nitrogens with one attached hydrogen (secondary N) is 3. The van der Waals surface area contributed by atoms with Crippen LogP contribution in [0, 0.1) is 12.8 Å². The van der Waals surface area contributed by atoms with Crippen molar-refractivity contribution >= 4 is 24.1 Å². The predicted molar refractivity (Wildman–Crippen MR) is 91.5 cm³/mol. The van der Waals surface area contributed by atoms with Crippen molar-refractivity contribution in [3.63, 3.8) is 0 Å². The maximum Gasteiger partial charge on any atom is 0.268 e. The number of hydrogen-bond donors (Lipinski definition) is 4. The molecule has 1 saturated heterocycles. The highest BCUT2D eigenvalue weighted by Crippen LogP contribution is 2.21. The van der Waals surface area contributed by atoms with E-state index in [4.69, 9.17) is 0 Å². The number of aliphatic hydroxyl groups is 1. The van der Waals surface area contributed by atoms with Crippen LogP contribution in [-0.4, -0.2) is 47.5 Å². The second-order valence-electron chi connectivity index (χ2n) is 5.98. The van der Waals surface area contributed by atoms with Crippen molar-refractivity contribution in [3.05, 3.63) is 22.5 Å². The van der Waals surface area contributed by atoms with Crippen LogP contribution in [0.25, 0.3) is 0 Å². The Morgan fingerprint density at radius 3 is 2.57 bits per heavy atom. The van der Waals surface area contributed by atoms with Gasteiger partial charge >= 0.3 is 0 Å². The van der Waals surface area contributed by atoms with Crippen molar-refractivity contribution in [1.82, 2.24) is 15.6 Å². The molecule has 1 aromatic rings. The predicted octanol–water partition coefficient (Wildman–Crippen LogP) is 1.21. The fraction of sp³-hybridized carbons (Fsp3) is 0.625. The summed E-state index contributed by atoms with van der Waals surface area (Å²) < 4.78 is 0. The number of carbonyl (C=O) groups excluding carboxylic acids is 2. The molecule has 2 heterocycles. The molecule has 130 valence electrons. The van der Waals surface area contributed by atoms with Crippen molar-refractivity contribution in [2.45, 2.75) is 39.7 Å². The van der Waals surface area contributed by atoms with E-state index in [2.05, 4.69) is 15.6 Å². The number of carbonyl (C=O) groups is 2. The highest BCUT2D eigenvalue weighted by molar-refractivity contribution is 6.02. The molecule has 0 aromatic carbocycles. The third-order valence-electron chi connectivity index (χ3n) is 4.20. The van der Waals surface area contributed by atoms with E-state index in [9.17, 15) is 14.7 Å². The largest absolute Gasteiger partial charge is 0.391 e. The first-order valence-electron chi connectivity index (χ1n) is 7.85. The fourth-order valence-corrected chi connectivity index (χ4v) is 3.09. The average molecular weight is 344 g/mol. The normalized spacial score (nSPS) is 20.2. The SMILES string of the molecule is CCCc1c(C(=O)NCC2CNCC2O)[nH]c(C)c1C(C)=O.Cl. The average Bonchev–Trinajstić information content (AvgIpc) is 3.00. The molecule has 1 aliphatic heterocycles. The highest BCUT2D eigenvalue weighted by Gasteiger charge is 2.27. The van der Waals surface area contributed by atoms with Gasteiger partial charge in [-0.2, -0.15) is 0 Å². The first-order valence-corrected chi connectivity index (χ1v) is 7.85. The third-order valence-corrected chi connectivity index (χ3v) is 4.20. The molecule has 2 atom stereocenters. The van der Waals surface area contributed by atoms with Gasteiger partial charge in [0.25, 0.3) is 5.91 Å². The fourth-order valence-electron chi connectivity index (χ4n) is 3.09. The number of H-pyrrole nitrogens is 1. The number of aromatic nitrogens is 1. The van der Waals surface area contributed by atoms with Gasteiger partial charge in [-0.1, -0.05) is 13.3 Å². The summed E-state index contributed by atoms with van der Waals surface area (Å²) in [6.07, 6.45) is 1.13. The lowest BCUT2D eigenvalue weighted by molar-refractivity contribution is 0.0921. The molecule has 2 unspecified atom stereocenters. The quantitative estimate of drug-likeness (QED) is 0.584. The highest BCUT2D eigenvalue weighted by atomic mass is 35.5. The van der Waals surface area contributed by atoms with Gasteiger partial charge in [-0.05, 0) is 25.8 Å². The molecular formula is C16H26ClN3O3. The van der Waals surface area contributed by atoms with Crippen molar-refractivity contribution in [2.75, 3.05) is 19.6 Å². The molecular weight excluding hydrogens is 318 g/mol. The Morgan fingerprint density at radius 2 is 2.04 bits per heavy atom. The van der Waals surface area contributed by atoms with Crippen LogP contribution in [0.3, 0.4) is 0 Å². The molecule has 1 amide bonds. The summed E-state index contributed by atoms with van der Waals surface area (Å²) in [7, 11) is 0. The minimum Gasteiger partial charge on any atom is -0.391 e. The summed E-state index contributed by atoms with van der Waals surface area (Å²) in [5, 5.41) is 15.7. The first kappa shape index (κ1) is 19.7. The number of ketones is 1. The van der Waals surface area contributed by atoms with Crippen LogP contribution in [0.2, 0.25) is 0 Å². The van der Waals surface area contributed by atoms with Crippen LogP contribution in [0.1, 0.15) is 52.4 Å². The molecule has 1 fully saturated rings. The van der Waals surface area contributed by atoms with Gasteiger partial charge in [-0.3, -0.25) is 9.59 Å². The second-order valence-corrected chi connectivity index (χ2v) is 5.98. The molecule has 4 N–H and O–H groups in total. The minimum absolute atomic E-state index is 0. The Labute approximate surface area is 142 Å². The minimum atomic E-state index is -0.423. The smallest absolute Gasteiger partial charge is 0.268 e. The zero-order valence-electron chi connectivity index (χ0n) is 13.9. The molecule has 0 radical (unpaired) electrons. The zero-order chi connectivity index (χ0) is 16.3. The Kier molecular flexibility index (Phi) is 7.25. The maximum atomic E-state index is 12.4. The second kappa shape index (κ2) is 8.47. The molecule has 7 heteroatoms. The summed E-state index contributed by atoms with van der Waals surface area (Å²) in [4.78, 5) is 27.3. The Hall–Kier alpha value is -1.37. The third kappa shape index (κ3) is 4.34. The number of halogens is 1. The van der Waals surface area contributed by atoms with Gasteiger partial charge in [-0.15, -0.1) is 12.4 Å². The van der Waals surface area contributed by atoms with Crippen molar-refractivity contribution in [3.8, 4) is 0 Å². The van der Waals surface area contributed by atoms with Crippen molar-refractivity contribution < 1.29 is 14.7 Å². The van der Waals surface area contributed by atoms with Crippen LogP contribution in [0.4, 0.5) is 0 Å². The summed E-state index contributed by atoms with van der Waals surface area (Å²) in [6.45, 7) is 7.05. The molecule has 0 spiro atoms. The lowest BCUT2D eigenvalue weighted by Gasteiger charge is -2.14. The summed E-state index contributed by atoms with van der Waals surface area (Å²) in [5.41, 5.74) is 2.65. The number of β-amino-alcohol motifs (C(OH)–C–C–N with tert-alkyl or cyclic N) is 1. The van der Waals surface area contributed by atoms with Crippen molar-refractivity contribution in [1.29, 1.82) is 0 Å². The molecule has 23 heavy (non-hydrogen) atoms. The van der Waals surface area contributed by atoms with E-state index in [1.54, 1.807) is 0 Å². The van der Waals surface area contributed by atoms with Gasteiger partial charge < -0.3 is 20.7 Å². The van der Waals surface area contributed by atoms with E-state index in [-0.39, 0.29) is 30.0 Å². The Morgan fingerprint density at radius 1 is 1.35 bits per heavy atom. The Bertz CT molecular complexity index is 571. The summed E-state index contributed by atoms with van der Waals surface area (Å²) >= 11 is 0. The molecule has 0 aliphatic carbocycles. The number of aliphatic hydroxyl groups excluding tert-OH is 1. The summed E-state index contributed by atoms with van der Waals surface area (Å²) in [5.74, 6) is -0.202. The molecule has 2 rings (SSSR count).